The molecule has 0 aliphatic heterocycles. The fraction of sp³-hybridized carbons (Fsp3) is 0.455. The van der Waals surface area contributed by atoms with Crippen LogP contribution in [0.3, 0.4) is 0 Å². The van der Waals surface area contributed by atoms with Crippen molar-refractivity contribution in [3.8, 4) is 5.88 Å². The van der Waals surface area contributed by atoms with E-state index in [4.69, 9.17) is 9.47 Å². The number of aromatic nitrogens is 1. The molecule has 7 heteroatoms. The number of ether oxygens (including phenoxy) is 2. The molecule has 1 aromatic rings. The Bertz CT molecular complexity index is 441. The van der Waals surface area contributed by atoms with Crippen LogP contribution in [0.4, 0.5) is 8.78 Å². The maximum atomic E-state index is 12.9. The van der Waals surface area contributed by atoms with Crippen LogP contribution in [0.1, 0.15) is 24.5 Å². The van der Waals surface area contributed by atoms with Gasteiger partial charge in [0.15, 0.2) is 0 Å². The SMILES string of the molecule is CCOC(=O)Cc1c(C(F)F)cc(OC)nc1Br. The van der Waals surface area contributed by atoms with Crippen molar-refractivity contribution in [2.45, 2.75) is 19.8 Å². The van der Waals surface area contributed by atoms with E-state index in [1.807, 2.05) is 0 Å². The molecule has 0 atom stereocenters. The standard InChI is InChI=1S/C11H12BrF2NO3/c1-3-18-9(16)5-6-7(11(13)14)4-8(17-2)15-10(6)12/h4,11H,3,5H2,1-2H3. The fourth-order valence-electron chi connectivity index (χ4n) is 1.37. The lowest BCUT2D eigenvalue weighted by atomic mass is 10.1. The van der Waals surface area contributed by atoms with Gasteiger partial charge in [-0.2, -0.15) is 0 Å². The zero-order chi connectivity index (χ0) is 13.7. The maximum Gasteiger partial charge on any atom is 0.310 e. The molecule has 0 aliphatic carbocycles. The van der Waals surface area contributed by atoms with E-state index in [9.17, 15) is 13.6 Å². The number of methoxy groups -OCH3 is 1. The van der Waals surface area contributed by atoms with Gasteiger partial charge in [-0.05, 0) is 22.9 Å². The third kappa shape index (κ3) is 3.63. The normalized spacial score (nSPS) is 10.6. The highest BCUT2D eigenvalue weighted by Gasteiger charge is 2.21. The predicted molar refractivity (Wildman–Crippen MR) is 63.8 cm³/mol. The van der Waals surface area contributed by atoms with E-state index in [0.29, 0.717) is 0 Å². The first-order valence-corrected chi connectivity index (χ1v) is 5.96. The predicted octanol–water partition coefficient (Wildman–Crippen LogP) is 2.90. The lowest BCUT2D eigenvalue weighted by molar-refractivity contribution is -0.142. The third-order valence-electron chi connectivity index (χ3n) is 2.16. The van der Waals surface area contributed by atoms with Gasteiger partial charge in [-0.1, -0.05) is 0 Å². The Morgan fingerprint density at radius 1 is 1.56 bits per heavy atom. The van der Waals surface area contributed by atoms with Crippen LogP contribution in [0.2, 0.25) is 0 Å². The Morgan fingerprint density at radius 3 is 2.72 bits per heavy atom. The summed E-state index contributed by atoms with van der Waals surface area (Å²) in [6.45, 7) is 1.84. The summed E-state index contributed by atoms with van der Waals surface area (Å²) in [6, 6.07) is 1.12. The molecule has 0 aromatic carbocycles. The van der Waals surface area contributed by atoms with Gasteiger partial charge in [0, 0.05) is 17.2 Å². The molecule has 4 nitrogen and oxygen atoms in total. The Hall–Kier alpha value is -1.24. The quantitative estimate of drug-likeness (QED) is 0.617. The van der Waals surface area contributed by atoms with Crippen molar-refractivity contribution in [3.63, 3.8) is 0 Å². The summed E-state index contributed by atoms with van der Waals surface area (Å²) in [5.41, 5.74) is -0.175. The number of rotatable bonds is 5. The minimum Gasteiger partial charge on any atom is -0.481 e. The number of nitrogens with zero attached hydrogens (tertiary/aromatic N) is 1. The van der Waals surface area contributed by atoms with E-state index in [-0.39, 0.29) is 34.6 Å². The number of carbonyl (C=O) groups is 1. The van der Waals surface area contributed by atoms with Crippen LogP contribution in [-0.4, -0.2) is 24.7 Å². The van der Waals surface area contributed by atoms with Gasteiger partial charge in [0.1, 0.15) is 4.60 Å². The number of carbonyl (C=O) groups excluding carboxylic acids is 1. The van der Waals surface area contributed by atoms with E-state index < -0.39 is 12.4 Å². The fourth-order valence-corrected chi connectivity index (χ4v) is 1.91. The topological polar surface area (TPSA) is 48.4 Å². The number of hydrogen-bond donors (Lipinski definition) is 0. The van der Waals surface area contributed by atoms with E-state index in [2.05, 4.69) is 20.9 Å². The molecule has 1 aromatic heterocycles. The molecule has 0 saturated carbocycles. The summed E-state index contributed by atoms with van der Waals surface area (Å²) in [4.78, 5) is 15.2. The van der Waals surface area contributed by atoms with Gasteiger partial charge in [-0.3, -0.25) is 4.79 Å². The highest BCUT2D eigenvalue weighted by atomic mass is 79.9. The van der Waals surface area contributed by atoms with Crippen molar-refractivity contribution in [1.82, 2.24) is 4.98 Å². The summed E-state index contributed by atoms with van der Waals surface area (Å²) < 4.78 is 35.5. The Morgan fingerprint density at radius 2 is 2.22 bits per heavy atom. The van der Waals surface area contributed by atoms with Gasteiger partial charge in [0.2, 0.25) is 5.88 Å². The largest absolute Gasteiger partial charge is 0.481 e. The molecule has 0 unspecified atom stereocenters. The van der Waals surface area contributed by atoms with Crippen molar-refractivity contribution in [2.24, 2.45) is 0 Å². The molecule has 1 rings (SSSR count). The minimum absolute atomic E-state index is 0.0600. The molecule has 0 N–H and O–H groups in total. The van der Waals surface area contributed by atoms with Crippen molar-refractivity contribution in [3.05, 3.63) is 21.8 Å². The number of halogens is 3. The smallest absolute Gasteiger partial charge is 0.310 e. The lowest BCUT2D eigenvalue weighted by Gasteiger charge is -2.11. The summed E-state index contributed by atoms with van der Waals surface area (Å²) in [5, 5.41) is 0. The average molecular weight is 324 g/mol. The van der Waals surface area contributed by atoms with Crippen LogP contribution in [0.15, 0.2) is 10.7 Å². The van der Waals surface area contributed by atoms with Crippen LogP contribution in [0.5, 0.6) is 5.88 Å². The number of alkyl halides is 2. The summed E-state index contributed by atoms with van der Waals surface area (Å²) >= 11 is 3.05. The zero-order valence-corrected chi connectivity index (χ0v) is 11.5. The van der Waals surface area contributed by atoms with E-state index >= 15 is 0 Å². The van der Waals surface area contributed by atoms with Crippen LogP contribution in [0, 0.1) is 0 Å². The number of hydrogen-bond acceptors (Lipinski definition) is 4. The molecule has 18 heavy (non-hydrogen) atoms. The Kier molecular flexibility index (Phi) is 5.46. The van der Waals surface area contributed by atoms with Crippen LogP contribution in [-0.2, 0) is 16.0 Å². The summed E-state index contributed by atoms with van der Waals surface area (Å²) in [5.74, 6) is -0.517. The van der Waals surface area contributed by atoms with Gasteiger partial charge in [-0.25, -0.2) is 13.8 Å². The first-order chi connectivity index (χ1) is 8.49. The van der Waals surface area contributed by atoms with Gasteiger partial charge in [-0.15, -0.1) is 0 Å². The van der Waals surface area contributed by atoms with Crippen LogP contribution >= 0.6 is 15.9 Å². The molecule has 0 aliphatic rings. The maximum absolute atomic E-state index is 12.9. The molecular weight excluding hydrogens is 312 g/mol. The van der Waals surface area contributed by atoms with Crippen molar-refractivity contribution in [1.29, 1.82) is 0 Å². The highest BCUT2D eigenvalue weighted by molar-refractivity contribution is 9.10. The molecule has 0 saturated heterocycles. The monoisotopic (exact) mass is 323 g/mol. The summed E-state index contributed by atoms with van der Waals surface area (Å²) in [7, 11) is 1.33. The van der Waals surface area contributed by atoms with E-state index in [1.54, 1.807) is 6.92 Å². The molecule has 0 radical (unpaired) electrons. The number of pyridine rings is 1. The third-order valence-corrected chi connectivity index (χ3v) is 2.81. The molecule has 0 amide bonds. The molecular formula is C11H12BrF2NO3. The second-order valence-corrected chi connectivity index (χ2v) is 4.06. The highest BCUT2D eigenvalue weighted by Crippen LogP contribution is 2.31. The molecule has 0 fully saturated rings. The van der Waals surface area contributed by atoms with Crippen molar-refractivity contribution >= 4 is 21.9 Å². The Balaban J connectivity index is 3.12. The van der Waals surface area contributed by atoms with Crippen LogP contribution in [0.25, 0.3) is 0 Å². The molecule has 0 spiro atoms. The second kappa shape index (κ2) is 6.63. The first kappa shape index (κ1) is 14.8. The Labute approximate surface area is 111 Å². The average Bonchev–Trinajstić information content (AvgIpc) is 2.31. The van der Waals surface area contributed by atoms with Crippen molar-refractivity contribution in [2.75, 3.05) is 13.7 Å². The van der Waals surface area contributed by atoms with Crippen LogP contribution < -0.4 is 4.74 Å². The second-order valence-electron chi connectivity index (χ2n) is 3.31. The van der Waals surface area contributed by atoms with Gasteiger partial charge in [0.05, 0.1) is 20.1 Å². The first-order valence-electron chi connectivity index (χ1n) is 5.16. The minimum atomic E-state index is -2.72. The van der Waals surface area contributed by atoms with E-state index in [0.717, 1.165) is 6.07 Å². The van der Waals surface area contributed by atoms with E-state index in [1.165, 1.54) is 7.11 Å². The van der Waals surface area contributed by atoms with Gasteiger partial charge < -0.3 is 9.47 Å². The summed E-state index contributed by atoms with van der Waals surface area (Å²) in [6.07, 6.45) is -2.98. The lowest BCUT2D eigenvalue weighted by Crippen LogP contribution is -2.11. The molecule has 100 valence electrons. The van der Waals surface area contributed by atoms with Gasteiger partial charge in [0.25, 0.3) is 6.43 Å². The number of esters is 1. The molecule has 1 heterocycles. The van der Waals surface area contributed by atoms with Gasteiger partial charge >= 0.3 is 5.97 Å². The molecule has 0 bridgehead atoms. The van der Waals surface area contributed by atoms with Crippen molar-refractivity contribution < 1.29 is 23.0 Å². The zero-order valence-electron chi connectivity index (χ0n) is 9.87.